The maximum Gasteiger partial charge on any atom is 0.321 e. The summed E-state index contributed by atoms with van der Waals surface area (Å²) in [5, 5.41) is 5.20. The van der Waals surface area contributed by atoms with Crippen LogP contribution in [0.15, 0.2) is 48.5 Å². The van der Waals surface area contributed by atoms with Crippen molar-refractivity contribution in [3.63, 3.8) is 0 Å². The van der Waals surface area contributed by atoms with Crippen molar-refractivity contribution in [3.05, 3.63) is 64.7 Å². The molecule has 0 aliphatic carbocycles. The molecule has 0 saturated carbocycles. The lowest BCUT2D eigenvalue weighted by molar-refractivity contribution is -0.126. The molecule has 0 spiro atoms. The second-order valence-corrected chi connectivity index (χ2v) is 5.91. The molecule has 2 aromatic rings. The Kier molecular flexibility index (Phi) is 6.74. The van der Waals surface area contributed by atoms with E-state index in [1.165, 1.54) is 6.92 Å². The molecular weight excluding hydrogens is 356 g/mol. The smallest absolute Gasteiger partial charge is 0.321 e. The number of amides is 3. The largest absolute Gasteiger partial charge is 0.481 e. The molecule has 0 radical (unpaired) electrons. The number of urea groups is 1. The van der Waals surface area contributed by atoms with Crippen LogP contribution in [0.3, 0.4) is 0 Å². The van der Waals surface area contributed by atoms with Crippen LogP contribution in [0.4, 0.5) is 4.79 Å². The molecule has 0 fully saturated rings. The number of ether oxygens (including phenoxy) is 1. The van der Waals surface area contributed by atoms with Gasteiger partial charge in [0, 0.05) is 22.7 Å². The molecule has 0 aliphatic rings. The summed E-state index contributed by atoms with van der Waals surface area (Å²) in [6, 6.07) is 12.5. The third kappa shape index (κ3) is 5.32. The third-order valence-corrected chi connectivity index (χ3v) is 3.73. The van der Waals surface area contributed by atoms with E-state index in [0.29, 0.717) is 28.4 Å². The fraction of sp³-hybridized carbons (Fsp3) is 0.211. The van der Waals surface area contributed by atoms with E-state index < -0.39 is 18.0 Å². The van der Waals surface area contributed by atoms with Gasteiger partial charge in [0.2, 0.25) is 0 Å². The van der Waals surface area contributed by atoms with Crippen LogP contribution in [0.1, 0.15) is 29.8 Å². The summed E-state index contributed by atoms with van der Waals surface area (Å²) in [4.78, 5) is 35.6. The number of benzene rings is 2. The zero-order valence-electron chi connectivity index (χ0n) is 14.4. The number of carbonyl (C=O) groups is 3. The van der Waals surface area contributed by atoms with E-state index in [-0.39, 0.29) is 5.78 Å². The minimum atomic E-state index is -0.865. The molecule has 3 amide bonds. The van der Waals surface area contributed by atoms with Gasteiger partial charge in [-0.3, -0.25) is 14.9 Å². The SMILES string of the molecule is CCNC(=O)NC(=O)[C@H](C)Oc1ccc(C(=O)c2ccc(Cl)cc2)cc1. The fourth-order valence-electron chi connectivity index (χ4n) is 2.13. The fourth-order valence-corrected chi connectivity index (χ4v) is 2.25. The Labute approximate surface area is 156 Å². The third-order valence-electron chi connectivity index (χ3n) is 3.48. The van der Waals surface area contributed by atoms with Gasteiger partial charge in [-0.15, -0.1) is 0 Å². The molecule has 0 heterocycles. The highest BCUT2D eigenvalue weighted by Crippen LogP contribution is 2.18. The number of hydrogen-bond acceptors (Lipinski definition) is 4. The van der Waals surface area contributed by atoms with Gasteiger partial charge in [0.25, 0.3) is 5.91 Å². The van der Waals surface area contributed by atoms with Crippen LogP contribution in [0.5, 0.6) is 5.75 Å². The average molecular weight is 375 g/mol. The monoisotopic (exact) mass is 374 g/mol. The average Bonchev–Trinajstić information content (AvgIpc) is 2.62. The highest BCUT2D eigenvalue weighted by molar-refractivity contribution is 6.30. The molecule has 2 N–H and O–H groups in total. The summed E-state index contributed by atoms with van der Waals surface area (Å²) >= 11 is 5.82. The first-order valence-corrected chi connectivity index (χ1v) is 8.44. The van der Waals surface area contributed by atoms with Crippen LogP contribution in [0.25, 0.3) is 0 Å². The number of hydrogen-bond donors (Lipinski definition) is 2. The van der Waals surface area contributed by atoms with Gasteiger partial charge in [-0.2, -0.15) is 0 Å². The summed E-state index contributed by atoms with van der Waals surface area (Å²) in [5.41, 5.74) is 1.01. The summed E-state index contributed by atoms with van der Waals surface area (Å²) in [6.45, 7) is 3.69. The predicted octanol–water partition coefficient (Wildman–Crippen LogP) is 3.18. The van der Waals surface area contributed by atoms with Crippen molar-refractivity contribution in [2.45, 2.75) is 20.0 Å². The Morgan fingerprint density at radius 1 is 1.00 bits per heavy atom. The van der Waals surface area contributed by atoms with Crippen molar-refractivity contribution >= 4 is 29.3 Å². The maximum absolute atomic E-state index is 12.4. The number of imide groups is 1. The summed E-state index contributed by atoms with van der Waals surface area (Å²) in [6.07, 6.45) is -0.865. The molecule has 6 nitrogen and oxygen atoms in total. The van der Waals surface area contributed by atoms with Gasteiger partial charge in [-0.05, 0) is 62.4 Å². The van der Waals surface area contributed by atoms with Crippen LogP contribution < -0.4 is 15.4 Å². The predicted molar refractivity (Wildman–Crippen MR) is 98.6 cm³/mol. The Morgan fingerprint density at radius 2 is 1.54 bits per heavy atom. The minimum Gasteiger partial charge on any atom is -0.481 e. The molecule has 1 atom stereocenters. The van der Waals surface area contributed by atoms with E-state index in [4.69, 9.17) is 16.3 Å². The van der Waals surface area contributed by atoms with Gasteiger partial charge in [0.05, 0.1) is 0 Å². The molecule has 7 heteroatoms. The maximum atomic E-state index is 12.4. The highest BCUT2D eigenvalue weighted by Gasteiger charge is 2.17. The van der Waals surface area contributed by atoms with Crippen LogP contribution in [-0.4, -0.2) is 30.4 Å². The summed E-state index contributed by atoms with van der Waals surface area (Å²) in [7, 11) is 0. The molecule has 0 saturated heterocycles. The van der Waals surface area contributed by atoms with Crippen molar-refractivity contribution in [1.29, 1.82) is 0 Å². The van der Waals surface area contributed by atoms with Crippen molar-refractivity contribution in [2.24, 2.45) is 0 Å². The zero-order valence-corrected chi connectivity index (χ0v) is 15.2. The molecule has 0 aromatic heterocycles. The first-order valence-electron chi connectivity index (χ1n) is 8.06. The van der Waals surface area contributed by atoms with Gasteiger partial charge < -0.3 is 10.1 Å². The number of nitrogens with one attached hydrogen (secondary N) is 2. The van der Waals surface area contributed by atoms with E-state index >= 15 is 0 Å². The first kappa shape index (κ1) is 19.5. The topological polar surface area (TPSA) is 84.5 Å². The second-order valence-electron chi connectivity index (χ2n) is 5.47. The quantitative estimate of drug-likeness (QED) is 0.760. The van der Waals surface area contributed by atoms with Gasteiger partial charge in [-0.25, -0.2) is 4.79 Å². The van der Waals surface area contributed by atoms with Crippen molar-refractivity contribution in [3.8, 4) is 5.75 Å². The molecule has 136 valence electrons. The van der Waals surface area contributed by atoms with Gasteiger partial charge >= 0.3 is 6.03 Å². The van der Waals surface area contributed by atoms with Crippen LogP contribution in [0, 0.1) is 0 Å². The van der Waals surface area contributed by atoms with Gasteiger partial charge in [-0.1, -0.05) is 11.6 Å². The lowest BCUT2D eigenvalue weighted by Gasteiger charge is -2.14. The lowest BCUT2D eigenvalue weighted by Crippen LogP contribution is -2.45. The van der Waals surface area contributed by atoms with Crippen LogP contribution >= 0.6 is 11.6 Å². The molecule has 2 aromatic carbocycles. The first-order chi connectivity index (χ1) is 12.4. The second kappa shape index (κ2) is 9.01. The minimum absolute atomic E-state index is 0.143. The molecule has 0 unspecified atom stereocenters. The Morgan fingerprint density at radius 3 is 2.08 bits per heavy atom. The molecular formula is C19H19ClN2O4. The van der Waals surface area contributed by atoms with E-state index in [2.05, 4.69) is 10.6 Å². The van der Waals surface area contributed by atoms with Crippen molar-refractivity contribution < 1.29 is 19.1 Å². The van der Waals surface area contributed by atoms with E-state index in [1.807, 2.05) is 0 Å². The van der Waals surface area contributed by atoms with Gasteiger partial charge in [0.1, 0.15) is 5.75 Å². The Hall–Kier alpha value is -2.86. The van der Waals surface area contributed by atoms with E-state index in [1.54, 1.807) is 55.5 Å². The summed E-state index contributed by atoms with van der Waals surface area (Å²) < 4.78 is 5.49. The van der Waals surface area contributed by atoms with Gasteiger partial charge in [0.15, 0.2) is 11.9 Å². The van der Waals surface area contributed by atoms with Crippen molar-refractivity contribution in [2.75, 3.05) is 6.54 Å². The normalized spacial score (nSPS) is 11.3. The van der Waals surface area contributed by atoms with Crippen molar-refractivity contribution in [1.82, 2.24) is 10.6 Å². The number of halogens is 1. The van der Waals surface area contributed by atoms with E-state index in [9.17, 15) is 14.4 Å². The summed E-state index contributed by atoms with van der Waals surface area (Å²) in [5.74, 6) is -0.288. The molecule has 2 rings (SSSR count). The Balaban J connectivity index is 1.98. The van der Waals surface area contributed by atoms with E-state index in [0.717, 1.165) is 0 Å². The molecule has 0 aliphatic heterocycles. The van der Waals surface area contributed by atoms with Crippen LogP contribution in [0.2, 0.25) is 5.02 Å². The standard InChI is InChI=1S/C19H19ClN2O4/c1-3-21-19(25)22-18(24)12(2)26-16-10-6-14(7-11-16)17(23)13-4-8-15(20)9-5-13/h4-12H,3H2,1-2H3,(H2,21,22,24,25)/t12-/m0/s1. The number of ketones is 1. The zero-order chi connectivity index (χ0) is 19.1. The number of rotatable bonds is 6. The lowest BCUT2D eigenvalue weighted by atomic mass is 10.0. The molecule has 0 bridgehead atoms. The number of carbonyl (C=O) groups excluding carboxylic acids is 3. The van der Waals surface area contributed by atoms with Crippen LogP contribution in [-0.2, 0) is 4.79 Å². The highest BCUT2D eigenvalue weighted by atomic mass is 35.5. The molecule has 26 heavy (non-hydrogen) atoms. The Bertz CT molecular complexity index is 788.